The first-order valence-corrected chi connectivity index (χ1v) is 4.90. The number of halogens is 2. The molecule has 1 rings (SSSR count). The van der Waals surface area contributed by atoms with Gasteiger partial charge >= 0.3 is 0 Å². The molecule has 94 valence electrons. The lowest BCUT2D eigenvalue weighted by atomic mass is 10.0. The van der Waals surface area contributed by atoms with Crippen molar-refractivity contribution >= 4 is 30.7 Å². The van der Waals surface area contributed by atoms with Crippen molar-refractivity contribution in [3.05, 3.63) is 0 Å². The Kier molecular flexibility index (Phi) is 10.9. The molecule has 0 aliphatic carbocycles. The number of hydrogen-bond donors (Lipinski definition) is 2. The minimum absolute atomic E-state index is 0. The zero-order valence-electron chi connectivity index (χ0n) is 9.15. The fourth-order valence-corrected chi connectivity index (χ4v) is 1.80. The van der Waals surface area contributed by atoms with Crippen molar-refractivity contribution in [1.82, 2.24) is 10.2 Å². The second-order valence-electron chi connectivity index (χ2n) is 3.56. The maximum atomic E-state index is 10.8. The van der Waals surface area contributed by atoms with E-state index in [-0.39, 0.29) is 37.3 Å². The summed E-state index contributed by atoms with van der Waals surface area (Å²) >= 11 is 0. The van der Waals surface area contributed by atoms with Crippen LogP contribution in [0.1, 0.15) is 12.8 Å². The van der Waals surface area contributed by atoms with Gasteiger partial charge in [0.1, 0.15) is 0 Å². The summed E-state index contributed by atoms with van der Waals surface area (Å²) in [4.78, 5) is 12.8. The Morgan fingerprint density at radius 1 is 1.44 bits per heavy atom. The van der Waals surface area contributed by atoms with Gasteiger partial charge in [0.25, 0.3) is 0 Å². The molecule has 0 aromatic heterocycles. The molecule has 4 nitrogen and oxygen atoms in total. The Morgan fingerprint density at radius 3 is 2.44 bits per heavy atom. The molecule has 0 aromatic carbocycles. The first-order chi connectivity index (χ1) is 6.74. The molecular formula is C10H19Cl2N3O. The first-order valence-electron chi connectivity index (χ1n) is 4.90. The average molecular weight is 268 g/mol. The van der Waals surface area contributed by atoms with Gasteiger partial charge in [0.05, 0.1) is 13.1 Å². The van der Waals surface area contributed by atoms with Gasteiger partial charge in [-0.05, 0) is 25.9 Å². The van der Waals surface area contributed by atoms with Crippen LogP contribution in [0.15, 0.2) is 0 Å². The van der Waals surface area contributed by atoms with Crippen molar-refractivity contribution in [2.24, 2.45) is 5.73 Å². The van der Waals surface area contributed by atoms with E-state index >= 15 is 0 Å². The molecule has 1 saturated heterocycles. The number of nitrogens with zero attached hydrogens (tertiary/aromatic N) is 1. The molecule has 1 amide bonds. The molecule has 3 N–H and O–H groups in total. The van der Waals surface area contributed by atoms with Gasteiger partial charge < -0.3 is 11.1 Å². The number of terminal acetylenes is 1. The van der Waals surface area contributed by atoms with Gasteiger partial charge in [-0.3, -0.25) is 9.69 Å². The first kappa shape index (κ1) is 17.9. The van der Waals surface area contributed by atoms with Crippen molar-refractivity contribution in [2.45, 2.75) is 18.9 Å². The Hall–Kier alpha value is -0.470. The second-order valence-corrected chi connectivity index (χ2v) is 3.56. The fourth-order valence-electron chi connectivity index (χ4n) is 1.80. The van der Waals surface area contributed by atoms with Gasteiger partial charge in [-0.25, -0.2) is 0 Å². The van der Waals surface area contributed by atoms with Crippen LogP contribution in [0.2, 0.25) is 0 Å². The summed E-state index contributed by atoms with van der Waals surface area (Å²) in [5.74, 6) is 2.26. The van der Waals surface area contributed by atoms with Crippen molar-refractivity contribution in [3.63, 3.8) is 0 Å². The lowest BCUT2D eigenvalue weighted by Crippen LogP contribution is -2.46. The van der Waals surface area contributed by atoms with Crippen LogP contribution in [0.5, 0.6) is 0 Å². The summed E-state index contributed by atoms with van der Waals surface area (Å²) in [6.45, 7) is 2.76. The number of rotatable bonds is 4. The van der Waals surface area contributed by atoms with Crippen LogP contribution in [0.4, 0.5) is 0 Å². The monoisotopic (exact) mass is 267 g/mol. The summed E-state index contributed by atoms with van der Waals surface area (Å²) in [6, 6.07) is 0.403. The molecular weight excluding hydrogens is 249 g/mol. The van der Waals surface area contributed by atoms with Crippen LogP contribution >= 0.6 is 24.8 Å². The van der Waals surface area contributed by atoms with E-state index in [9.17, 15) is 4.79 Å². The van der Waals surface area contributed by atoms with Crippen molar-refractivity contribution in [2.75, 3.05) is 26.2 Å². The smallest absolute Gasteiger partial charge is 0.231 e. The summed E-state index contributed by atoms with van der Waals surface area (Å²) in [5, 5.41) is 3.27. The van der Waals surface area contributed by atoms with Crippen LogP contribution in [-0.2, 0) is 4.79 Å². The molecule has 1 aliphatic rings. The zero-order chi connectivity index (χ0) is 10.4. The van der Waals surface area contributed by atoms with Gasteiger partial charge in [-0.2, -0.15) is 0 Å². The van der Waals surface area contributed by atoms with Gasteiger partial charge in [0.2, 0.25) is 5.91 Å². The van der Waals surface area contributed by atoms with Crippen molar-refractivity contribution < 1.29 is 4.79 Å². The van der Waals surface area contributed by atoms with E-state index in [0.717, 1.165) is 25.9 Å². The standard InChI is InChI=1S/C10H17N3O.2ClH/c1-2-7-13(8-10(11)14)9-3-5-12-6-4-9;;/h1,9,12H,3-8H2,(H2,11,14);2*1H. The molecule has 0 unspecified atom stereocenters. The average Bonchev–Trinajstić information content (AvgIpc) is 2.18. The molecule has 1 aliphatic heterocycles. The number of nitrogens with two attached hydrogens (primary N) is 1. The molecule has 0 radical (unpaired) electrons. The minimum atomic E-state index is -0.307. The highest BCUT2D eigenvalue weighted by Crippen LogP contribution is 2.10. The predicted molar refractivity (Wildman–Crippen MR) is 70.0 cm³/mol. The summed E-state index contributed by atoms with van der Waals surface area (Å²) < 4.78 is 0. The van der Waals surface area contributed by atoms with Gasteiger partial charge in [-0.15, -0.1) is 31.2 Å². The minimum Gasteiger partial charge on any atom is -0.369 e. The van der Waals surface area contributed by atoms with E-state index in [2.05, 4.69) is 11.2 Å². The Labute approximate surface area is 109 Å². The number of piperidine rings is 1. The number of amides is 1. The Morgan fingerprint density at radius 2 is 2.00 bits per heavy atom. The van der Waals surface area contributed by atoms with Gasteiger partial charge in [-0.1, -0.05) is 5.92 Å². The number of carbonyl (C=O) groups excluding carboxylic acids is 1. The molecule has 0 bridgehead atoms. The van der Waals surface area contributed by atoms with E-state index < -0.39 is 0 Å². The highest BCUT2D eigenvalue weighted by Gasteiger charge is 2.21. The van der Waals surface area contributed by atoms with Crippen molar-refractivity contribution in [1.29, 1.82) is 0 Å². The summed E-state index contributed by atoms with van der Waals surface area (Å²) in [6.07, 6.45) is 7.33. The largest absolute Gasteiger partial charge is 0.369 e. The summed E-state index contributed by atoms with van der Waals surface area (Å²) in [5.41, 5.74) is 5.17. The summed E-state index contributed by atoms with van der Waals surface area (Å²) in [7, 11) is 0. The van der Waals surface area contributed by atoms with Crippen molar-refractivity contribution in [3.8, 4) is 12.3 Å². The SMILES string of the molecule is C#CCN(CC(N)=O)C1CCNCC1.Cl.Cl. The third-order valence-corrected chi connectivity index (χ3v) is 2.48. The second kappa shape index (κ2) is 9.73. The van der Waals surface area contributed by atoms with Crippen LogP contribution in [0.25, 0.3) is 0 Å². The topological polar surface area (TPSA) is 58.4 Å². The molecule has 16 heavy (non-hydrogen) atoms. The Bertz CT molecular complexity index is 237. The van der Waals surface area contributed by atoms with Crippen LogP contribution in [-0.4, -0.2) is 43.0 Å². The molecule has 0 aromatic rings. The molecule has 1 fully saturated rings. The highest BCUT2D eigenvalue weighted by atomic mass is 35.5. The third kappa shape index (κ3) is 6.19. The van der Waals surface area contributed by atoms with Crippen LogP contribution in [0.3, 0.4) is 0 Å². The third-order valence-electron chi connectivity index (χ3n) is 2.48. The molecule has 0 atom stereocenters. The van der Waals surface area contributed by atoms with E-state index in [0.29, 0.717) is 12.6 Å². The lowest BCUT2D eigenvalue weighted by Gasteiger charge is -2.32. The number of primary amides is 1. The normalized spacial score (nSPS) is 15.8. The quantitative estimate of drug-likeness (QED) is 0.706. The highest BCUT2D eigenvalue weighted by molar-refractivity contribution is 5.85. The van der Waals surface area contributed by atoms with E-state index in [1.807, 2.05) is 4.90 Å². The van der Waals surface area contributed by atoms with Crippen LogP contribution < -0.4 is 11.1 Å². The molecule has 6 heteroatoms. The molecule has 0 saturated carbocycles. The molecule has 1 heterocycles. The Balaban J connectivity index is 0. The lowest BCUT2D eigenvalue weighted by molar-refractivity contribution is -0.119. The number of hydrogen-bond acceptors (Lipinski definition) is 3. The fraction of sp³-hybridized carbons (Fsp3) is 0.700. The van der Waals surface area contributed by atoms with Gasteiger partial charge in [0, 0.05) is 6.04 Å². The van der Waals surface area contributed by atoms with Crippen LogP contribution in [0, 0.1) is 12.3 Å². The number of nitrogens with one attached hydrogen (secondary N) is 1. The van der Waals surface area contributed by atoms with E-state index in [1.165, 1.54) is 0 Å². The number of carbonyl (C=O) groups is 1. The maximum Gasteiger partial charge on any atom is 0.231 e. The van der Waals surface area contributed by atoms with E-state index in [1.54, 1.807) is 0 Å². The van der Waals surface area contributed by atoms with Gasteiger partial charge in [0.15, 0.2) is 0 Å². The van der Waals surface area contributed by atoms with E-state index in [4.69, 9.17) is 12.2 Å². The maximum absolute atomic E-state index is 10.8. The predicted octanol–water partition coefficient (Wildman–Crippen LogP) is 0.00250. The molecule has 0 spiro atoms. The zero-order valence-corrected chi connectivity index (χ0v) is 10.8.